The predicted octanol–water partition coefficient (Wildman–Crippen LogP) is 3.50. The monoisotopic (exact) mass is 292 g/mol. The number of urea groups is 1. The van der Waals surface area contributed by atoms with E-state index in [1.165, 1.54) is 6.42 Å². The summed E-state index contributed by atoms with van der Waals surface area (Å²) in [5.41, 5.74) is 0.711. The molecular formula is C16H24N2O3. The summed E-state index contributed by atoms with van der Waals surface area (Å²) in [5.74, 6) is 1.25. The maximum atomic E-state index is 12.5. The Morgan fingerprint density at radius 2 is 1.76 bits per heavy atom. The van der Waals surface area contributed by atoms with E-state index in [0.29, 0.717) is 17.2 Å². The Morgan fingerprint density at radius 1 is 1.14 bits per heavy atom. The van der Waals surface area contributed by atoms with Crippen LogP contribution in [-0.2, 0) is 0 Å². The lowest BCUT2D eigenvalue weighted by atomic mass is 9.98. The lowest BCUT2D eigenvalue weighted by Gasteiger charge is -2.38. The van der Waals surface area contributed by atoms with Crippen molar-refractivity contribution in [1.82, 2.24) is 4.90 Å². The Morgan fingerprint density at radius 3 is 2.33 bits per heavy atom. The number of benzene rings is 1. The summed E-state index contributed by atoms with van der Waals surface area (Å²) in [4.78, 5) is 14.4. The molecule has 0 spiro atoms. The van der Waals surface area contributed by atoms with Gasteiger partial charge >= 0.3 is 6.03 Å². The zero-order chi connectivity index (χ0) is 15.4. The first kappa shape index (κ1) is 15.5. The molecule has 2 atom stereocenters. The van der Waals surface area contributed by atoms with Gasteiger partial charge in [0.05, 0.1) is 14.2 Å². The summed E-state index contributed by atoms with van der Waals surface area (Å²) >= 11 is 0. The van der Waals surface area contributed by atoms with Crippen LogP contribution < -0.4 is 14.8 Å². The number of hydrogen-bond donors (Lipinski definition) is 1. The number of nitrogens with zero attached hydrogens (tertiary/aromatic N) is 1. The van der Waals surface area contributed by atoms with Gasteiger partial charge in [0, 0.05) is 23.8 Å². The summed E-state index contributed by atoms with van der Waals surface area (Å²) in [6, 6.07) is 5.87. The van der Waals surface area contributed by atoms with Gasteiger partial charge in [-0.3, -0.25) is 0 Å². The molecule has 0 bridgehead atoms. The van der Waals surface area contributed by atoms with Crippen LogP contribution in [0.2, 0.25) is 0 Å². The van der Waals surface area contributed by atoms with E-state index in [4.69, 9.17) is 9.47 Å². The zero-order valence-corrected chi connectivity index (χ0v) is 13.2. The van der Waals surface area contributed by atoms with Crippen molar-refractivity contribution in [2.45, 2.75) is 45.2 Å². The minimum absolute atomic E-state index is 0.0538. The van der Waals surface area contributed by atoms with Gasteiger partial charge in [-0.15, -0.1) is 0 Å². The number of amides is 2. The Labute approximate surface area is 126 Å². The molecule has 21 heavy (non-hydrogen) atoms. The van der Waals surface area contributed by atoms with Gasteiger partial charge in [0.25, 0.3) is 0 Å². The van der Waals surface area contributed by atoms with Crippen LogP contribution in [0.5, 0.6) is 11.5 Å². The van der Waals surface area contributed by atoms with E-state index < -0.39 is 0 Å². The molecular weight excluding hydrogens is 268 g/mol. The smallest absolute Gasteiger partial charge is 0.322 e. The fourth-order valence-electron chi connectivity index (χ4n) is 2.92. The lowest BCUT2D eigenvalue weighted by Crippen LogP contribution is -2.49. The highest BCUT2D eigenvalue weighted by Crippen LogP contribution is 2.30. The number of nitrogens with one attached hydrogen (secondary N) is 1. The van der Waals surface area contributed by atoms with Crippen LogP contribution in [0.25, 0.3) is 0 Å². The predicted molar refractivity (Wildman–Crippen MR) is 83.2 cm³/mol. The van der Waals surface area contributed by atoms with Crippen LogP contribution in [-0.4, -0.2) is 37.2 Å². The summed E-state index contributed by atoms with van der Waals surface area (Å²) in [6.45, 7) is 4.20. The molecule has 1 aromatic carbocycles. The number of ether oxygens (including phenoxy) is 2. The van der Waals surface area contributed by atoms with Crippen molar-refractivity contribution in [1.29, 1.82) is 0 Å². The average molecular weight is 292 g/mol. The fourth-order valence-corrected chi connectivity index (χ4v) is 2.92. The largest absolute Gasteiger partial charge is 0.493 e. The van der Waals surface area contributed by atoms with Gasteiger partial charge in [0.1, 0.15) is 0 Å². The normalized spacial score (nSPS) is 21.8. The molecule has 0 radical (unpaired) electrons. The molecule has 2 unspecified atom stereocenters. The van der Waals surface area contributed by atoms with Crippen molar-refractivity contribution in [2.24, 2.45) is 0 Å². The van der Waals surface area contributed by atoms with Crippen LogP contribution in [0, 0.1) is 0 Å². The van der Waals surface area contributed by atoms with Gasteiger partial charge in [0.2, 0.25) is 0 Å². The number of hydrogen-bond acceptors (Lipinski definition) is 3. The second-order valence-electron chi connectivity index (χ2n) is 5.54. The van der Waals surface area contributed by atoms with Crippen molar-refractivity contribution < 1.29 is 14.3 Å². The molecule has 5 heteroatoms. The highest BCUT2D eigenvalue weighted by atomic mass is 16.5. The summed E-state index contributed by atoms with van der Waals surface area (Å²) < 4.78 is 10.5. The van der Waals surface area contributed by atoms with E-state index in [2.05, 4.69) is 19.2 Å². The van der Waals surface area contributed by atoms with Crippen LogP contribution in [0.4, 0.5) is 10.5 Å². The molecule has 1 aromatic rings. The van der Waals surface area contributed by atoms with Crippen LogP contribution in [0.3, 0.4) is 0 Å². The number of likely N-dealkylation sites (tertiary alicyclic amines) is 1. The standard InChI is InChI=1S/C16H24N2O3/c1-11-6-5-7-12(2)18(11)16(19)17-13-8-9-14(20-3)15(10-13)21-4/h8-12H,5-7H2,1-4H3,(H,17,19). The quantitative estimate of drug-likeness (QED) is 0.927. The van der Waals surface area contributed by atoms with E-state index in [9.17, 15) is 4.79 Å². The van der Waals surface area contributed by atoms with Crippen molar-refractivity contribution >= 4 is 11.7 Å². The molecule has 2 amide bonds. The van der Waals surface area contributed by atoms with E-state index in [0.717, 1.165) is 12.8 Å². The van der Waals surface area contributed by atoms with Gasteiger partial charge in [-0.25, -0.2) is 4.79 Å². The number of piperidine rings is 1. The van der Waals surface area contributed by atoms with Crippen molar-refractivity contribution in [3.63, 3.8) is 0 Å². The van der Waals surface area contributed by atoms with Crippen LogP contribution >= 0.6 is 0 Å². The van der Waals surface area contributed by atoms with Crippen LogP contribution in [0.1, 0.15) is 33.1 Å². The number of carbonyl (C=O) groups is 1. The van der Waals surface area contributed by atoms with E-state index in [-0.39, 0.29) is 18.1 Å². The van der Waals surface area contributed by atoms with Crippen molar-refractivity contribution in [3.05, 3.63) is 18.2 Å². The van der Waals surface area contributed by atoms with Gasteiger partial charge in [-0.2, -0.15) is 0 Å². The Hall–Kier alpha value is -1.91. The van der Waals surface area contributed by atoms with E-state index in [1.54, 1.807) is 26.4 Å². The maximum absolute atomic E-state index is 12.5. The third-order valence-electron chi connectivity index (χ3n) is 4.06. The van der Waals surface area contributed by atoms with Gasteiger partial charge in [0.15, 0.2) is 11.5 Å². The molecule has 1 saturated heterocycles. The number of anilines is 1. The topological polar surface area (TPSA) is 50.8 Å². The van der Waals surface area contributed by atoms with E-state index >= 15 is 0 Å². The molecule has 0 saturated carbocycles. The van der Waals surface area contributed by atoms with E-state index in [1.807, 2.05) is 11.0 Å². The molecule has 1 heterocycles. The summed E-state index contributed by atoms with van der Waals surface area (Å²) in [7, 11) is 3.17. The third-order valence-corrected chi connectivity index (χ3v) is 4.06. The molecule has 2 rings (SSSR count). The molecule has 5 nitrogen and oxygen atoms in total. The highest BCUT2D eigenvalue weighted by Gasteiger charge is 2.28. The zero-order valence-electron chi connectivity index (χ0n) is 13.2. The second kappa shape index (κ2) is 6.70. The second-order valence-corrected chi connectivity index (χ2v) is 5.54. The lowest BCUT2D eigenvalue weighted by molar-refractivity contribution is 0.133. The molecule has 1 aliphatic heterocycles. The molecule has 1 N–H and O–H groups in total. The maximum Gasteiger partial charge on any atom is 0.322 e. The van der Waals surface area contributed by atoms with Gasteiger partial charge < -0.3 is 19.7 Å². The molecule has 116 valence electrons. The summed E-state index contributed by atoms with van der Waals surface area (Å²) in [5, 5.41) is 2.95. The molecule has 1 fully saturated rings. The van der Waals surface area contributed by atoms with Crippen LogP contribution in [0.15, 0.2) is 18.2 Å². The minimum Gasteiger partial charge on any atom is -0.493 e. The fraction of sp³-hybridized carbons (Fsp3) is 0.562. The number of carbonyl (C=O) groups excluding carboxylic acids is 1. The Balaban J connectivity index is 2.11. The summed E-state index contributed by atoms with van der Waals surface area (Å²) in [6.07, 6.45) is 3.30. The van der Waals surface area contributed by atoms with Crippen molar-refractivity contribution in [3.8, 4) is 11.5 Å². The van der Waals surface area contributed by atoms with Gasteiger partial charge in [-0.05, 0) is 45.2 Å². The SMILES string of the molecule is COc1ccc(NC(=O)N2C(C)CCCC2C)cc1OC. The first-order valence-corrected chi connectivity index (χ1v) is 7.38. The molecule has 0 aliphatic carbocycles. The van der Waals surface area contributed by atoms with Gasteiger partial charge in [-0.1, -0.05) is 0 Å². The number of methoxy groups -OCH3 is 2. The molecule has 0 aromatic heterocycles. The Bertz CT molecular complexity index is 494. The van der Waals surface area contributed by atoms with Crippen molar-refractivity contribution in [2.75, 3.05) is 19.5 Å². The molecule has 1 aliphatic rings. The first-order valence-electron chi connectivity index (χ1n) is 7.38. The minimum atomic E-state index is -0.0538. The average Bonchev–Trinajstić information content (AvgIpc) is 2.46. The highest BCUT2D eigenvalue weighted by molar-refractivity contribution is 5.90. The Kier molecular flexibility index (Phi) is 4.94. The first-order chi connectivity index (χ1) is 10.1. The third kappa shape index (κ3) is 3.40. The number of rotatable bonds is 3.